The van der Waals surface area contributed by atoms with Crippen LogP contribution in [0.3, 0.4) is 0 Å². The first kappa shape index (κ1) is 18.8. The molecular formula is C27H28N2O. The second kappa shape index (κ2) is 7.56. The Hall–Kier alpha value is -3.20. The zero-order valence-corrected chi connectivity index (χ0v) is 18.0. The summed E-state index contributed by atoms with van der Waals surface area (Å²) in [6.45, 7) is 8.17. The molecule has 0 aromatic heterocycles. The largest absolute Gasteiger partial charge is 0.491 e. The van der Waals surface area contributed by atoms with E-state index in [1.54, 1.807) is 0 Å². The van der Waals surface area contributed by atoms with E-state index in [0.717, 1.165) is 37.6 Å². The fourth-order valence-corrected chi connectivity index (χ4v) is 4.84. The van der Waals surface area contributed by atoms with Gasteiger partial charge < -0.3 is 14.5 Å². The first-order chi connectivity index (χ1) is 14.6. The van der Waals surface area contributed by atoms with E-state index in [0.29, 0.717) is 0 Å². The van der Waals surface area contributed by atoms with Crippen molar-refractivity contribution in [3.8, 4) is 5.75 Å². The molecular weight excluding hydrogens is 368 g/mol. The van der Waals surface area contributed by atoms with Crippen LogP contribution in [0.25, 0.3) is 5.70 Å². The summed E-state index contributed by atoms with van der Waals surface area (Å²) in [5, 5.41) is 0. The van der Waals surface area contributed by atoms with Gasteiger partial charge in [-0.3, -0.25) is 0 Å². The molecule has 0 radical (unpaired) electrons. The summed E-state index contributed by atoms with van der Waals surface area (Å²) in [7, 11) is 0. The van der Waals surface area contributed by atoms with Gasteiger partial charge in [0.2, 0.25) is 0 Å². The molecule has 0 aliphatic carbocycles. The Morgan fingerprint density at radius 2 is 1.63 bits per heavy atom. The topological polar surface area (TPSA) is 15.7 Å². The molecule has 0 unspecified atom stereocenters. The van der Waals surface area contributed by atoms with Gasteiger partial charge in [-0.2, -0.15) is 0 Å². The molecule has 0 saturated heterocycles. The van der Waals surface area contributed by atoms with Gasteiger partial charge in [0.15, 0.2) is 0 Å². The molecule has 3 aromatic rings. The van der Waals surface area contributed by atoms with E-state index in [-0.39, 0.29) is 0 Å². The molecule has 0 saturated carbocycles. The van der Waals surface area contributed by atoms with E-state index < -0.39 is 0 Å². The molecule has 0 bridgehead atoms. The predicted octanol–water partition coefficient (Wildman–Crippen LogP) is 6.22. The van der Waals surface area contributed by atoms with Crippen molar-refractivity contribution in [3.63, 3.8) is 0 Å². The van der Waals surface area contributed by atoms with Crippen LogP contribution in [-0.4, -0.2) is 13.3 Å². The minimum atomic E-state index is 0.770. The predicted molar refractivity (Wildman–Crippen MR) is 125 cm³/mol. The Morgan fingerprint density at radius 1 is 0.867 bits per heavy atom. The molecule has 0 atom stereocenters. The molecule has 0 spiro atoms. The molecule has 2 heterocycles. The molecule has 2 aliphatic rings. The van der Waals surface area contributed by atoms with E-state index >= 15 is 0 Å². The van der Waals surface area contributed by atoms with Crippen molar-refractivity contribution < 1.29 is 4.74 Å². The average molecular weight is 397 g/mol. The van der Waals surface area contributed by atoms with Crippen molar-refractivity contribution in [2.24, 2.45) is 0 Å². The fraction of sp³-hybridized carbons (Fsp3) is 0.259. The molecule has 5 rings (SSSR count). The lowest BCUT2D eigenvalue weighted by molar-refractivity contribution is 0.289. The van der Waals surface area contributed by atoms with Gasteiger partial charge in [-0.05, 0) is 68.5 Å². The third-order valence-electron chi connectivity index (χ3n) is 6.09. The molecule has 0 fully saturated rings. The van der Waals surface area contributed by atoms with Crippen LogP contribution in [0.4, 0.5) is 11.4 Å². The highest BCUT2D eigenvalue weighted by Gasteiger charge is 2.30. The van der Waals surface area contributed by atoms with Crippen LogP contribution in [0.1, 0.15) is 34.2 Å². The highest BCUT2D eigenvalue weighted by atomic mass is 16.5. The number of hydrogen-bond donors (Lipinski definition) is 0. The highest BCUT2D eigenvalue weighted by molar-refractivity contribution is 5.89. The van der Waals surface area contributed by atoms with Crippen LogP contribution in [-0.2, 0) is 6.42 Å². The van der Waals surface area contributed by atoms with Crippen LogP contribution in [0.5, 0.6) is 5.75 Å². The van der Waals surface area contributed by atoms with Crippen molar-refractivity contribution in [1.82, 2.24) is 0 Å². The van der Waals surface area contributed by atoms with Crippen molar-refractivity contribution >= 4 is 17.1 Å². The minimum Gasteiger partial charge on any atom is -0.491 e. The van der Waals surface area contributed by atoms with Crippen LogP contribution in [0.2, 0.25) is 0 Å². The van der Waals surface area contributed by atoms with Gasteiger partial charge in [0.05, 0.1) is 24.7 Å². The Labute approximate surface area is 179 Å². The molecule has 3 nitrogen and oxygen atoms in total. The van der Waals surface area contributed by atoms with Crippen molar-refractivity contribution in [1.29, 1.82) is 0 Å². The van der Waals surface area contributed by atoms with E-state index in [2.05, 4.69) is 97.4 Å². The molecule has 152 valence electrons. The number of aryl methyl sites for hydroxylation is 4. The Morgan fingerprint density at radius 3 is 2.40 bits per heavy atom. The maximum atomic E-state index is 6.18. The lowest BCUT2D eigenvalue weighted by Gasteiger charge is -2.30. The Kier molecular flexibility index (Phi) is 4.74. The lowest BCUT2D eigenvalue weighted by atomic mass is 9.96. The number of nitrogens with zero attached hydrogens (tertiary/aromatic N) is 2. The van der Waals surface area contributed by atoms with Gasteiger partial charge in [-0.15, -0.1) is 0 Å². The van der Waals surface area contributed by atoms with Crippen LogP contribution in [0.15, 0.2) is 66.9 Å². The quantitative estimate of drug-likeness (QED) is 0.523. The average Bonchev–Trinajstić information content (AvgIpc) is 3.18. The van der Waals surface area contributed by atoms with Crippen LogP contribution in [0, 0.1) is 20.8 Å². The van der Waals surface area contributed by atoms with Crippen LogP contribution < -0.4 is 14.5 Å². The second-order valence-electron chi connectivity index (χ2n) is 8.38. The summed E-state index contributed by atoms with van der Waals surface area (Å²) in [6, 6.07) is 21.7. The Bertz CT molecular complexity index is 1090. The second-order valence-corrected chi connectivity index (χ2v) is 8.38. The molecule has 3 aromatic carbocycles. The van der Waals surface area contributed by atoms with E-state index in [1.807, 2.05) is 0 Å². The number of anilines is 2. The van der Waals surface area contributed by atoms with Crippen molar-refractivity contribution in [3.05, 3.63) is 94.7 Å². The number of para-hydroxylation sites is 2. The van der Waals surface area contributed by atoms with Gasteiger partial charge in [0.1, 0.15) is 5.75 Å². The number of fused-ring (bicyclic) bond motifs is 1. The standard InChI is InChI=1S/C27H28N2O/c1-19-15-20(2)26(21(3)16-19)25-17-28(23-11-5-4-6-12-23)18-29(25)24-13-7-9-22-10-8-14-30-27(22)24/h4-7,9,11-13,15-17H,8,10,14,18H2,1-3H3. The molecule has 3 heteroatoms. The third kappa shape index (κ3) is 3.24. The number of ether oxygens (including phenoxy) is 1. The maximum absolute atomic E-state index is 6.18. The summed E-state index contributed by atoms with van der Waals surface area (Å²) in [5.74, 6) is 1.05. The molecule has 2 aliphatic heterocycles. The number of rotatable bonds is 3. The van der Waals surface area contributed by atoms with Gasteiger partial charge in [-0.1, -0.05) is 48.0 Å². The fourth-order valence-electron chi connectivity index (χ4n) is 4.84. The van der Waals surface area contributed by atoms with Gasteiger partial charge in [0, 0.05) is 17.5 Å². The summed E-state index contributed by atoms with van der Waals surface area (Å²) in [5.41, 5.74) is 10.1. The summed E-state index contributed by atoms with van der Waals surface area (Å²) < 4.78 is 6.18. The molecule has 0 N–H and O–H groups in total. The van der Waals surface area contributed by atoms with Gasteiger partial charge in [0.25, 0.3) is 0 Å². The summed E-state index contributed by atoms with van der Waals surface area (Å²) in [4.78, 5) is 4.75. The zero-order chi connectivity index (χ0) is 20.7. The first-order valence-corrected chi connectivity index (χ1v) is 10.8. The smallest absolute Gasteiger partial charge is 0.146 e. The first-order valence-electron chi connectivity index (χ1n) is 10.8. The summed E-state index contributed by atoms with van der Waals surface area (Å²) >= 11 is 0. The zero-order valence-electron chi connectivity index (χ0n) is 18.0. The van der Waals surface area contributed by atoms with E-state index in [1.165, 1.54) is 39.2 Å². The normalized spacial score (nSPS) is 15.6. The van der Waals surface area contributed by atoms with Crippen molar-refractivity contribution in [2.45, 2.75) is 33.6 Å². The maximum Gasteiger partial charge on any atom is 0.146 e. The van der Waals surface area contributed by atoms with Crippen molar-refractivity contribution in [2.75, 3.05) is 23.1 Å². The SMILES string of the molecule is Cc1cc(C)c(C2=CN(c3ccccc3)CN2c2cccc3c2OCCC3)c(C)c1. The molecule has 0 amide bonds. The Balaban J connectivity index is 1.66. The third-order valence-corrected chi connectivity index (χ3v) is 6.09. The van der Waals surface area contributed by atoms with Gasteiger partial charge in [-0.25, -0.2) is 0 Å². The minimum absolute atomic E-state index is 0.770. The molecule has 30 heavy (non-hydrogen) atoms. The monoisotopic (exact) mass is 396 g/mol. The van der Waals surface area contributed by atoms with E-state index in [4.69, 9.17) is 4.74 Å². The number of benzene rings is 3. The summed E-state index contributed by atoms with van der Waals surface area (Å²) in [6.07, 6.45) is 4.47. The van der Waals surface area contributed by atoms with Gasteiger partial charge >= 0.3 is 0 Å². The number of hydrogen-bond acceptors (Lipinski definition) is 3. The van der Waals surface area contributed by atoms with Crippen LogP contribution >= 0.6 is 0 Å². The lowest BCUT2D eigenvalue weighted by Crippen LogP contribution is -2.27. The highest BCUT2D eigenvalue weighted by Crippen LogP contribution is 2.43. The van der Waals surface area contributed by atoms with E-state index in [9.17, 15) is 0 Å².